The molecule has 4 rings (SSSR count). The summed E-state index contributed by atoms with van der Waals surface area (Å²) < 4.78 is 45.1. The van der Waals surface area contributed by atoms with Crippen molar-refractivity contribution in [2.75, 3.05) is 0 Å². The van der Waals surface area contributed by atoms with E-state index in [1.165, 1.54) is 11.1 Å². The smallest absolute Gasteiger partial charge is 0.416 e. The van der Waals surface area contributed by atoms with E-state index in [0.717, 1.165) is 28.8 Å². The van der Waals surface area contributed by atoms with Crippen molar-refractivity contribution in [3.8, 4) is 5.75 Å². The van der Waals surface area contributed by atoms with Crippen molar-refractivity contribution in [2.24, 2.45) is 5.41 Å². The molecule has 2 aromatic rings. The maximum Gasteiger partial charge on any atom is 0.416 e. The van der Waals surface area contributed by atoms with Crippen molar-refractivity contribution in [1.29, 1.82) is 0 Å². The van der Waals surface area contributed by atoms with E-state index >= 15 is 0 Å². The molecule has 0 amide bonds. The predicted octanol–water partition coefficient (Wildman–Crippen LogP) is 5.98. The fourth-order valence-electron chi connectivity index (χ4n) is 3.94. The standard InChI is InChI=1S/C21H19F3O/c1-20(2,3)19-14-7-5-4-6-12(14)10-17-18(19)15-9-8-13(21(22,23)24)11-16(15)25-17/h4-9,11,17H,10H2,1-3H3. The van der Waals surface area contributed by atoms with Crippen molar-refractivity contribution >= 4 is 11.1 Å². The van der Waals surface area contributed by atoms with Gasteiger partial charge < -0.3 is 4.74 Å². The van der Waals surface area contributed by atoms with Gasteiger partial charge in [-0.2, -0.15) is 13.2 Å². The number of benzene rings is 2. The highest BCUT2D eigenvalue weighted by Gasteiger charge is 2.41. The fourth-order valence-corrected chi connectivity index (χ4v) is 3.94. The molecule has 0 saturated heterocycles. The maximum absolute atomic E-state index is 13.0. The minimum absolute atomic E-state index is 0.141. The molecule has 0 radical (unpaired) electrons. The van der Waals surface area contributed by atoms with Crippen LogP contribution in [0.5, 0.6) is 5.75 Å². The van der Waals surface area contributed by atoms with Crippen LogP contribution in [0.2, 0.25) is 0 Å². The molecule has 0 N–H and O–H groups in total. The zero-order chi connectivity index (χ0) is 18.0. The van der Waals surface area contributed by atoms with Crippen LogP contribution in [0.25, 0.3) is 11.1 Å². The van der Waals surface area contributed by atoms with Crippen molar-refractivity contribution < 1.29 is 17.9 Å². The van der Waals surface area contributed by atoms with Gasteiger partial charge in [-0.15, -0.1) is 0 Å². The lowest BCUT2D eigenvalue weighted by atomic mass is 9.71. The lowest BCUT2D eigenvalue weighted by Gasteiger charge is -2.33. The SMILES string of the molecule is CC(C)(C)C1=C2c3ccc(C(F)(F)F)cc3OC2Cc2ccccc21. The number of hydrogen-bond acceptors (Lipinski definition) is 1. The van der Waals surface area contributed by atoms with Crippen LogP contribution in [-0.4, -0.2) is 6.10 Å². The molecule has 25 heavy (non-hydrogen) atoms. The van der Waals surface area contributed by atoms with Gasteiger partial charge in [-0.1, -0.05) is 51.1 Å². The molecule has 1 aliphatic heterocycles. The number of allylic oxidation sites excluding steroid dienone is 1. The quantitative estimate of drug-likeness (QED) is 0.571. The van der Waals surface area contributed by atoms with E-state index in [9.17, 15) is 13.2 Å². The van der Waals surface area contributed by atoms with Crippen molar-refractivity contribution in [3.63, 3.8) is 0 Å². The van der Waals surface area contributed by atoms with Gasteiger partial charge in [0.1, 0.15) is 11.9 Å². The first-order valence-electron chi connectivity index (χ1n) is 8.37. The van der Waals surface area contributed by atoms with Gasteiger partial charge in [-0.25, -0.2) is 0 Å². The number of alkyl halides is 3. The highest BCUT2D eigenvalue weighted by Crippen LogP contribution is 2.52. The summed E-state index contributed by atoms with van der Waals surface area (Å²) in [6.07, 6.45) is -3.90. The first-order valence-corrected chi connectivity index (χ1v) is 8.37. The van der Waals surface area contributed by atoms with Crippen LogP contribution < -0.4 is 4.74 Å². The summed E-state index contributed by atoms with van der Waals surface area (Å²) in [6.45, 7) is 6.41. The largest absolute Gasteiger partial charge is 0.485 e. The Balaban J connectivity index is 1.96. The molecule has 0 bridgehead atoms. The molecule has 0 saturated carbocycles. The second-order valence-corrected chi connectivity index (χ2v) is 7.72. The highest BCUT2D eigenvalue weighted by atomic mass is 19.4. The third kappa shape index (κ3) is 2.55. The summed E-state index contributed by atoms with van der Waals surface area (Å²) in [5, 5.41) is 0. The third-order valence-electron chi connectivity index (χ3n) is 4.90. The van der Waals surface area contributed by atoms with Crippen LogP contribution in [0.15, 0.2) is 42.5 Å². The topological polar surface area (TPSA) is 9.23 Å². The molecule has 130 valence electrons. The molecule has 0 spiro atoms. The van der Waals surface area contributed by atoms with E-state index in [4.69, 9.17) is 4.74 Å². The van der Waals surface area contributed by atoms with Gasteiger partial charge in [0, 0.05) is 17.6 Å². The summed E-state index contributed by atoms with van der Waals surface area (Å²) in [6, 6.07) is 12.0. The Morgan fingerprint density at radius 3 is 2.36 bits per heavy atom. The van der Waals surface area contributed by atoms with E-state index in [1.54, 1.807) is 6.07 Å². The first kappa shape index (κ1) is 16.2. The Bertz CT molecular complexity index is 885. The van der Waals surface area contributed by atoms with Crippen molar-refractivity contribution in [1.82, 2.24) is 0 Å². The summed E-state index contributed by atoms with van der Waals surface area (Å²) in [7, 11) is 0. The van der Waals surface area contributed by atoms with E-state index < -0.39 is 11.7 Å². The van der Waals surface area contributed by atoms with Crippen LogP contribution in [0.1, 0.15) is 43.0 Å². The summed E-state index contributed by atoms with van der Waals surface area (Å²) in [5.41, 5.74) is 4.55. The number of rotatable bonds is 0. The van der Waals surface area contributed by atoms with Gasteiger partial charge in [-0.3, -0.25) is 0 Å². The minimum atomic E-state index is -4.36. The van der Waals surface area contributed by atoms with Crippen LogP contribution >= 0.6 is 0 Å². The Labute approximate surface area is 145 Å². The number of ether oxygens (including phenoxy) is 1. The van der Waals surface area contributed by atoms with E-state index in [1.807, 2.05) is 12.1 Å². The second-order valence-electron chi connectivity index (χ2n) is 7.72. The van der Waals surface area contributed by atoms with Gasteiger partial charge in [0.2, 0.25) is 0 Å². The normalized spacial score (nSPS) is 19.2. The molecule has 0 aromatic heterocycles. The Morgan fingerprint density at radius 2 is 1.68 bits per heavy atom. The van der Waals surface area contributed by atoms with E-state index in [0.29, 0.717) is 12.2 Å². The third-order valence-corrected chi connectivity index (χ3v) is 4.90. The first-order chi connectivity index (χ1) is 11.7. The van der Waals surface area contributed by atoms with Crippen molar-refractivity contribution in [2.45, 2.75) is 39.5 Å². The maximum atomic E-state index is 13.0. The Kier molecular flexibility index (Phi) is 3.34. The lowest BCUT2D eigenvalue weighted by Crippen LogP contribution is -2.25. The molecule has 1 heterocycles. The van der Waals surface area contributed by atoms with Gasteiger partial charge in [0.25, 0.3) is 0 Å². The Hall–Kier alpha value is -2.23. The average Bonchev–Trinajstić information content (AvgIpc) is 2.87. The minimum Gasteiger partial charge on any atom is -0.485 e. The molecule has 1 aliphatic carbocycles. The number of fused-ring (bicyclic) bond motifs is 4. The monoisotopic (exact) mass is 344 g/mol. The van der Waals surface area contributed by atoms with E-state index in [-0.39, 0.29) is 11.5 Å². The molecule has 1 nitrogen and oxygen atoms in total. The van der Waals surface area contributed by atoms with Crippen LogP contribution in [0.4, 0.5) is 13.2 Å². The van der Waals surface area contributed by atoms with Gasteiger partial charge >= 0.3 is 6.18 Å². The fraction of sp³-hybridized carbons (Fsp3) is 0.333. The predicted molar refractivity (Wildman–Crippen MR) is 92.3 cm³/mol. The average molecular weight is 344 g/mol. The summed E-state index contributed by atoms with van der Waals surface area (Å²) in [4.78, 5) is 0. The Morgan fingerprint density at radius 1 is 0.960 bits per heavy atom. The molecule has 4 heteroatoms. The zero-order valence-electron chi connectivity index (χ0n) is 14.4. The summed E-state index contributed by atoms with van der Waals surface area (Å²) in [5.74, 6) is 0.337. The molecule has 2 aromatic carbocycles. The van der Waals surface area contributed by atoms with Crippen LogP contribution in [0, 0.1) is 5.41 Å². The lowest BCUT2D eigenvalue weighted by molar-refractivity contribution is -0.137. The van der Waals surface area contributed by atoms with Crippen LogP contribution in [-0.2, 0) is 12.6 Å². The van der Waals surface area contributed by atoms with E-state index in [2.05, 4.69) is 32.9 Å². The highest BCUT2D eigenvalue weighted by molar-refractivity contribution is 6.00. The number of halogens is 3. The number of hydrogen-bond donors (Lipinski definition) is 0. The molecule has 2 aliphatic rings. The molecule has 0 fully saturated rings. The molecule has 1 unspecified atom stereocenters. The van der Waals surface area contributed by atoms with Gasteiger partial charge in [0.15, 0.2) is 0 Å². The van der Waals surface area contributed by atoms with Gasteiger partial charge in [0.05, 0.1) is 5.56 Å². The van der Waals surface area contributed by atoms with Crippen LogP contribution in [0.3, 0.4) is 0 Å². The zero-order valence-corrected chi connectivity index (χ0v) is 14.4. The molecular weight excluding hydrogens is 325 g/mol. The summed E-state index contributed by atoms with van der Waals surface area (Å²) >= 11 is 0. The van der Waals surface area contributed by atoms with Crippen molar-refractivity contribution in [3.05, 3.63) is 64.7 Å². The second kappa shape index (κ2) is 5.13. The molecule has 1 atom stereocenters. The molecular formula is C21H19F3O. The van der Waals surface area contributed by atoms with Gasteiger partial charge in [-0.05, 0) is 34.2 Å².